The summed E-state index contributed by atoms with van der Waals surface area (Å²) in [6.45, 7) is 2.00. The van der Waals surface area contributed by atoms with E-state index in [9.17, 15) is 8.42 Å². The maximum atomic E-state index is 12.2. The van der Waals surface area contributed by atoms with Gasteiger partial charge in [0.15, 0.2) is 0 Å². The fraction of sp³-hybridized carbons (Fsp3) is 0.143. The summed E-state index contributed by atoms with van der Waals surface area (Å²) in [5, 5.41) is 9.04. The fourth-order valence-corrected chi connectivity index (χ4v) is 2.76. The second-order valence-electron chi connectivity index (χ2n) is 4.24. The Bertz CT molecular complexity index is 814. The number of benzene rings is 1. The van der Waals surface area contributed by atoms with Gasteiger partial charge in [0.25, 0.3) is 10.0 Å². The lowest BCUT2D eigenvalue weighted by atomic mass is 10.2. The number of sulfonamides is 1. The van der Waals surface area contributed by atoms with Crippen LogP contribution in [-0.2, 0) is 10.0 Å². The van der Waals surface area contributed by atoms with Gasteiger partial charge in [-0.25, -0.2) is 8.42 Å². The normalized spacial score (nSPS) is 10.7. The molecule has 2 aromatic rings. The van der Waals surface area contributed by atoms with Crippen molar-refractivity contribution in [3.63, 3.8) is 0 Å². The summed E-state index contributed by atoms with van der Waals surface area (Å²) in [4.78, 5) is 4.08. The highest BCUT2D eigenvalue weighted by Gasteiger charge is 2.17. The van der Waals surface area contributed by atoms with Crippen molar-refractivity contribution in [2.75, 3.05) is 17.1 Å². The Kier molecular flexibility index (Phi) is 4.48. The van der Waals surface area contributed by atoms with E-state index in [0.717, 1.165) is 0 Å². The third kappa shape index (κ3) is 3.27. The summed E-state index contributed by atoms with van der Waals surface area (Å²) in [5.41, 5.74) is 5.91. The van der Waals surface area contributed by atoms with E-state index in [4.69, 9.17) is 15.7 Å². The number of rotatable bonds is 5. The lowest BCUT2D eigenvalue weighted by Crippen LogP contribution is -2.15. The van der Waals surface area contributed by atoms with Crippen LogP contribution in [0.2, 0.25) is 0 Å². The zero-order chi connectivity index (χ0) is 16.2. The number of hydrogen-bond acceptors (Lipinski definition) is 6. The van der Waals surface area contributed by atoms with Crippen LogP contribution in [0.4, 0.5) is 11.5 Å². The largest absolute Gasteiger partial charge is 0.477 e. The Balaban J connectivity index is 2.40. The predicted octanol–water partition coefficient (Wildman–Crippen LogP) is 1.73. The number of ether oxygens (including phenoxy) is 1. The van der Waals surface area contributed by atoms with Gasteiger partial charge in [-0.3, -0.25) is 4.72 Å². The fourth-order valence-electron chi connectivity index (χ4n) is 1.74. The first kappa shape index (κ1) is 15.6. The summed E-state index contributed by atoms with van der Waals surface area (Å²) in [6.07, 6.45) is 0. The van der Waals surface area contributed by atoms with Crippen molar-refractivity contribution in [2.24, 2.45) is 0 Å². The maximum Gasteiger partial charge on any atom is 0.263 e. The molecule has 0 atom stereocenters. The topological polar surface area (TPSA) is 118 Å². The quantitative estimate of drug-likeness (QED) is 0.866. The Morgan fingerprint density at radius 3 is 2.64 bits per heavy atom. The van der Waals surface area contributed by atoms with E-state index in [2.05, 4.69) is 9.71 Å². The van der Waals surface area contributed by atoms with Gasteiger partial charge >= 0.3 is 0 Å². The minimum absolute atomic E-state index is 0.00392. The molecule has 0 spiro atoms. The molecule has 7 nitrogen and oxygen atoms in total. The summed E-state index contributed by atoms with van der Waals surface area (Å²) in [6, 6.07) is 11.0. The second kappa shape index (κ2) is 6.32. The van der Waals surface area contributed by atoms with Gasteiger partial charge < -0.3 is 10.5 Å². The van der Waals surface area contributed by atoms with Crippen molar-refractivity contribution in [1.82, 2.24) is 4.98 Å². The van der Waals surface area contributed by atoms with E-state index in [-0.39, 0.29) is 34.5 Å². The van der Waals surface area contributed by atoms with E-state index in [1.165, 1.54) is 18.2 Å². The Hall–Kier alpha value is -2.79. The SMILES string of the molecule is CCOc1nc(NS(=O)(=O)c2ccccc2)cc(N)c1C#N. The summed E-state index contributed by atoms with van der Waals surface area (Å²) < 4.78 is 32.0. The number of nitrogens with two attached hydrogens (primary N) is 1. The first-order chi connectivity index (χ1) is 10.5. The molecule has 22 heavy (non-hydrogen) atoms. The lowest BCUT2D eigenvalue weighted by molar-refractivity contribution is 0.326. The summed E-state index contributed by atoms with van der Waals surface area (Å²) >= 11 is 0. The zero-order valence-electron chi connectivity index (χ0n) is 11.8. The Morgan fingerprint density at radius 2 is 2.05 bits per heavy atom. The molecule has 0 aliphatic carbocycles. The first-order valence-corrected chi connectivity index (χ1v) is 7.87. The van der Waals surface area contributed by atoms with Crippen LogP contribution in [0.1, 0.15) is 12.5 Å². The van der Waals surface area contributed by atoms with Crippen LogP contribution in [0.15, 0.2) is 41.3 Å². The van der Waals surface area contributed by atoms with Gasteiger partial charge in [-0.2, -0.15) is 10.2 Å². The molecule has 1 heterocycles. The average molecular weight is 318 g/mol. The van der Waals surface area contributed by atoms with Gasteiger partial charge in [-0.15, -0.1) is 0 Å². The highest BCUT2D eigenvalue weighted by Crippen LogP contribution is 2.26. The highest BCUT2D eigenvalue weighted by molar-refractivity contribution is 7.92. The van der Waals surface area contributed by atoms with Crippen LogP contribution in [0, 0.1) is 11.3 Å². The van der Waals surface area contributed by atoms with Gasteiger partial charge in [0, 0.05) is 6.07 Å². The first-order valence-electron chi connectivity index (χ1n) is 6.39. The van der Waals surface area contributed by atoms with Gasteiger partial charge in [-0.05, 0) is 19.1 Å². The molecule has 1 aromatic carbocycles. The molecule has 0 bridgehead atoms. The maximum absolute atomic E-state index is 12.2. The van der Waals surface area contributed by atoms with Crippen LogP contribution < -0.4 is 15.2 Å². The van der Waals surface area contributed by atoms with E-state index in [1.807, 2.05) is 6.07 Å². The lowest BCUT2D eigenvalue weighted by Gasteiger charge is -2.11. The third-order valence-corrected chi connectivity index (χ3v) is 4.07. The monoisotopic (exact) mass is 318 g/mol. The van der Waals surface area contributed by atoms with Gasteiger partial charge in [-0.1, -0.05) is 18.2 Å². The van der Waals surface area contributed by atoms with Crippen molar-refractivity contribution in [3.8, 4) is 11.9 Å². The van der Waals surface area contributed by atoms with E-state index < -0.39 is 10.0 Å². The van der Waals surface area contributed by atoms with Crippen molar-refractivity contribution in [2.45, 2.75) is 11.8 Å². The number of nitrogens with one attached hydrogen (secondary N) is 1. The number of hydrogen-bond donors (Lipinski definition) is 2. The molecular weight excluding hydrogens is 304 g/mol. The second-order valence-corrected chi connectivity index (χ2v) is 5.92. The average Bonchev–Trinajstić information content (AvgIpc) is 2.48. The Morgan fingerprint density at radius 1 is 1.36 bits per heavy atom. The molecule has 0 aliphatic rings. The number of nitriles is 1. The molecule has 0 aliphatic heterocycles. The van der Waals surface area contributed by atoms with Gasteiger partial charge in [0.05, 0.1) is 17.2 Å². The van der Waals surface area contributed by atoms with Crippen LogP contribution in [0.3, 0.4) is 0 Å². The molecule has 1 aromatic heterocycles. The van der Waals surface area contributed by atoms with Crippen molar-refractivity contribution in [3.05, 3.63) is 42.0 Å². The number of pyridine rings is 1. The van der Waals surface area contributed by atoms with Crippen LogP contribution in [0.25, 0.3) is 0 Å². The van der Waals surface area contributed by atoms with Crippen molar-refractivity contribution >= 4 is 21.5 Å². The molecule has 0 unspecified atom stereocenters. The molecular formula is C14H14N4O3S. The van der Waals surface area contributed by atoms with Crippen LogP contribution in [-0.4, -0.2) is 20.0 Å². The highest BCUT2D eigenvalue weighted by atomic mass is 32.2. The number of nitrogen functional groups attached to an aromatic ring is 1. The smallest absolute Gasteiger partial charge is 0.263 e. The zero-order valence-corrected chi connectivity index (χ0v) is 12.6. The van der Waals surface area contributed by atoms with Crippen LogP contribution in [0.5, 0.6) is 5.88 Å². The number of aromatic nitrogens is 1. The minimum atomic E-state index is -3.79. The molecule has 0 saturated heterocycles. The van der Waals surface area contributed by atoms with Crippen LogP contribution >= 0.6 is 0 Å². The number of nitrogens with zero attached hydrogens (tertiary/aromatic N) is 2. The van der Waals surface area contributed by atoms with E-state index in [0.29, 0.717) is 0 Å². The minimum Gasteiger partial charge on any atom is -0.477 e. The molecule has 114 valence electrons. The molecule has 0 amide bonds. The van der Waals surface area contributed by atoms with E-state index in [1.54, 1.807) is 25.1 Å². The molecule has 0 saturated carbocycles. The molecule has 0 fully saturated rings. The standard InChI is InChI=1S/C14H14N4O3S/c1-2-21-14-11(9-15)12(16)8-13(17-14)18-22(19,20)10-6-4-3-5-7-10/h3-8H,2H2,1H3,(H3,16,17,18). The van der Waals surface area contributed by atoms with Gasteiger partial charge in [0.2, 0.25) is 5.88 Å². The number of anilines is 2. The van der Waals surface area contributed by atoms with Crippen molar-refractivity contribution in [1.29, 1.82) is 5.26 Å². The Labute approximate surface area is 128 Å². The molecule has 8 heteroatoms. The van der Waals surface area contributed by atoms with Crippen molar-refractivity contribution < 1.29 is 13.2 Å². The summed E-state index contributed by atoms with van der Waals surface area (Å²) in [7, 11) is -3.79. The molecule has 3 N–H and O–H groups in total. The molecule has 0 radical (unpaired) electrons. The summed E-state index contributed by atoms with van der Waals surface area (Å²) in [5.74, 6) is -0.0143. The predicted molar refractivity (Wildman–Crippen MR) is 81.8 cm³/mol. The molecule has 2 rings (SSSR count). The van der Waals surface area contributed by atoms with Gasteiger partial charge in [0.1, 0.15) is 17.5 Å². The third-order valence-electron chi connectivity index (χ3n) is 2.70. The van der Waals surface area contributed by atoms with E-state index >= 15 is 0 Å².